The van der Waals surface area contributed by atoms with E-state index in [1.165, 1.54) is 0 Å². The van der Waals surface area contributed by atoms with E-state index in [1.54, 1.807) is 18.3 Å². The maximum Gasteiger partial charge on any atom is 0.465 e. The third kappa shape index (κ3) is 1.81. The summed E-state index contributed by atoms with van der Waals surface area (Å²) in [5, 5.41) is 7.30. The van der Waals surface area contributed by atoms with Gasteiger partial charge in [0.05, 0.1) is 0 Å². The van der Waals surface area contributed by atoms with Gasteiger partial charge in [0.15, 0.2) is 0 Å². The highest BCUT2D eigenvalue weighted by Gasteiger charge is 2.01. The maximum absolute atomic E-state index is 9.95. The van der Waals surface area contributed by atoms with Crippen LogP contribution >= 0.6 is 0 Å². The summed E-state index contributed by atoms with van der Waals surface area (Å²) in [5.74, 6) is 0.397. The lowest BCUT2D eigenvalue weighted by molar-refractivity contribution is 0.604. The van der Waals surface area contributed by atoms with E-state index >= 15 is 0 Å². The maximum atomic E-state index is 9.95. The predicted molar refractivity (Wildman–Crippen MR) is 33.8 cm³/mol. The van der Waals surface area contributed by atoms with Gasteiger partial charge in [0.25, 0.3) is 5.75 Å². The van der Waals surface area contributed by atoms with E-state index in [4.69, 9.17) is 0 Å². The summed E-state index contributed by atoms with van der Waals surface area (Å²) < 4.78 is 9.95. The van der Waals surface area contributed by atoms with Crippen molar-refractivity contribution in [3.8, 4) is 0 Å². The average molecular weight is 141 g/mol. The molecule has 4 heteroatoms. The largest absolute Gasteiger partial charge is 0.465 e. The molecule has 0 saturated heterocycles. The third-order valence-electron chi connectivity index (χ3n) is 0.834. The molecule has 1 aromatic heterocycles. The second kappa shape index (κ2) is 3.19. The van der Waals surface area contributed by atoms with E-state index in [9.17, 15) is 4.21 Å². The summed E-state index contributed by atoms with van der Waals surface area (Å²) in [7, 11) is 0. The monoisotopic (exact) mass is 141 g/mol. The van der Waals surface area contributed by atoms with E-state index in [0.717, 1.165) is 5.69 Å². The van der Waals surface area contributed by atoms with Crippen molar-refractivity contribution in [2.45, 2.75) is 5.75 Å². The van der Waals surface area contributed by atoms with Crippen LogP contribution in [0.4, 0.5) is 0 Å². The molecule has 0 radical (unpaired) electrons. The van der Waals surface area contributed by atoms with Crippen LogP contribution in [0.2, 0.25) is 0 Å². The molecule has 0 spiro atoms. The zero-order chi connectivity index (χ0) is 6.53. The fourth-order valence-corrected chi connectivity index (χ4v) is 0.745. The lowest BCUT2D eigenvalue weighted by Crippen LogP contribution is -1.88. The van der Waals surface area contributed by atoms with E-state index in [2.05, 4.69) is 10.2 Å². The molecule has 1 heterocycles. The Morgan fingerprint density at radius 3 is 3.11 bits per heavy atom. The summed E-state index contributed by atoms with van der Waals surface area (Å²) in [6, 6.07) is 3.54. The minimum atomic E-state index is 0.397. The zero-order valence-corrected chi connectivity index (χ0v) is 5.47. The van der Waals surface area contributed by atoms with Crippen LogP contribution in [0.5, 0.6) is 0 Å². The quantitative estimate of drug-likeness (QED) is 0.560. The van der Waals surface area contributed by atoms with Crippen molar-refractivity contribution in [2.75, 3.05) is 0 Å². The number of rotatable bonds is 2. The molecule has 9 heavy (non-hydrogen) atoms. The van der Waals surface area contributed by atoms with Crippen LogP contribution in [0.15, 0.2) is 18.3 Å². The molecule has 0 bridgehead atoms. The first-order valence-corrected chi connectivity index (χ1v) is 3.36. The van der Waals surface area contributed by atoms with Crippen LogP contribution < -0.4 is 0 Å². The lowest BCUT2D eigenvalue weighted by atomic mass is 10.4. The summed E-state index contributed by atoms with van der Waals surface area (Å²) in [5.41, 5.74) is 0.734. The van der Waals surface area contributed by atoms with Gasteiger partial charge in [-0.1, -0.05) is 0 Å². The standard InChI is InChI=1S/C5H5N2OS/c8-9-4-5-2-1-3-6-7-5/h1-3H,4H2/q+1. The summed E-state index contributed by atoms with van der Waals surface area (Å²) >= 11 is 0.502. The van der Waals surface area contributed by atoms with Crippen molar-refractivity contribution >= 4 is 11.7 Å². The molecule has 0 unspecified atom stereocenters. The third-order valence-corrected chi connectivity index (χ3v) is 1.25. The first-order chi connectivity index (χ1) is 4.43. The Hall–Kier alpha value is -0.900. The second-order valence-corrected chi connectivity index (χ2v) is 2.00. The van der Waals surface area contributed by atoms with Crippen LogP contribution in [0.3, 0.4) is 0 Å². The molecule has 1 aromatic rings. The number of nitrogens with zero attached hydrogens (tertiary/aromatic N) is 2. The van der Waals surface area contributed by atoms with Gasteiger partial charge < -0.3 is 0 Å². The van der Waals surface area contributed by atoms with Crippen molar-refractivity contribution in [3.63, 3.8) is 0 Å². The molecule has 0 aromatic carbocycles. The minimum Gasteiger partial charge on any atom is -0.159 e. The van der Waals surface area contributed by atoms with Gasteiger partial charge in [-0.2, -0.15) is 5.10 Å². The molecule has 0 aliphatic heterocycles. The minimum absolute atomic E-state index is 0.397. The van der Waals surface area contributed by atoms with Gasteiger partial charge in [-0.15, -0.1) is 5.10 Å². The number of hydrogen-bond donors (Lipinski definition) is 0. The van der Waals surface area contributed by atoms with Crippen LogP contribution in [0.25, 0.3) is 0 Å². The molecule has 0 fully saturated rings. The number of hydrogen-bond acceptors (Lipinski definition) is 3. The van der Waals surface area contributed by atoms with Gasteiger partial charge in [-0.3, -0.25) is 0 Å². The lowest BCUT2D eigenvalue weighted by Gasteiger charge is -1.80. The van der Waals surface area contributed by atoms with Gasteiger partial charge in [-0.25, -0.2) is 0 Å². The van der Waals surface area contributed by atoms with Crippen molar-refractivity contribution in [2.24, 2.45) is 0 Å². The SMILES string of the molecule is O=[S+]Cc1cccnn1. The van der Waals surface area contributed by atoms with E-state index in [-0.39, 0.29) is 0 Å². The Kier molecular flexibility index (Phi) is 2.21. The highest BCUT2D eigenvalue weighted by Crippen LogP contribution is 1.89. The molecule has 1 rings (SSSR count). The molecule has 0 aliphatic carbocycles. The van der Waals surface area contributed by atoms with Crippen molar-refractivity contribution in [1.82, 2.24) is 10.2 Å². The van der Waals surface area contributed by atoms with Gasteiger partial charge >= 0.3 is 11.7 Å². The predicted octanol–water partition coefficient (Wildman–Crippen LogP) is 0.405. The highest BCUT2D eigenvalue weighted by molar-refractivity contribution is 7.64. The van der Waals surface area contributed by atoms with Gasteiger partial charge in [-0.05, 0) is 12.1 Å². The topological polar surface area (TPSA) is 42.9 Å². The number of aromatic nitrogens is 2. The Bertz CT molecular complexity index is 189. The smallest absolute Gasteiger partial charge is 0.159 e. The van der Waals surface area contributed by atoms with Gasteiger partial charge in [0.1, 0.15) is 5.69 Å². The summed E-state index contributed by atoms with van der Waals surface area (Å²) in [6.07, 6.45) is 1.58. The molecule has 0 atom stereocenters. The Morgan fingerprint density at radius 1 is 1.67 bits per heavy atom. The van der Waals surface area contributed by atoms with Crippen molar-refractivity contribution in [1.29, 1.82) is 0 Å². The van der Waals surface area contributed by atoms with E-state index < -0.39 is 0 Å². The summed E-state index contributed by atoms with van der Waals surface area (Å²) in [4.78, 5) is 0. The van der Waals surface area contributed by atoms with Gasteiger partial charge in [0.2, 0.25) is 0 Å². The molecule has 3 nitrogen and oxygen atoms in total. The van der Waals surface area contributed by atoms with Crippen LogP contribution in [0.1, 0.15) is 5.69 Å². The van der Waals surface area contributed by atoms with Gasteiger partial charge in [0, 0.05) is 10.4 Å². The second-order valence-electron chi connectivity index (χ2n) is 1.48. The molecule has 0 aliphatic rings. The molecular formula is C5H5N2OS+. The first kappa shape index (κ1) is 6.22. The molecule has 0 amide bonds. The van der Waals surface area contributed by atoms with Crippen LogP contribution in [0, 0.1) is 0 Å². The average Bonchev–Trinajstić information content (AvgIpc) is 1.91. The summed E-state index contributed by atoms with van der Waals surface area (Å²) in [6.45, 7) is 0. The zero-order valence-electron chi connectivity index (χ0n) is 4.65. The molecule has 0 N–H and O–H groups in total. The van der Waals surface area contributed by atoms with E-state index in [1.807, 2.05) is 0 Å². The van der Waals surface area contributed by atoms with E-state index in [0.29, 0.717) is 17.4 Å². The fourth-order valence-electron chi connectivity index (χ4n) is 0.471. The molecule has 46 valence electrons. The Balaban J connectivity index is 2.72. The van der Waals surface area contributed by atoms with Crippen LogP contribution in [-0.2, 0) is 21.6 Å². The van der Waals surface area contributed by atoms with Crippen LogP contribution in [-0.4, -0.2) is 10.2 Å². The fraction of sp³-hybridized carbons (Fsp3) is 0.200. The normalized spacial score (nSPS) is 8.89. The molecular weight excluding hydrogens is 136 g/mol. The first-order valence-electron chi connectivity index (χ1n) is 2.45. The highest BCUT2D eigenvalue weighted by atomic mass is 32.1. The van der Waals surface area contributed by atoms with Crippen molar-refractivity contribution < 1.29 is 4.21 Å². The van der Waals surface area contributed by atoms with Crippen molar-refractivity contribution in [3.05, 3.63) is 24.0 Å². The Morgan fingerprint density at radius 2 is 2.56 bits per heavy atom. The Labute approximate surface area is 56.6 Å². The molecule has 0 saturated carbocycles.